The van der Waals surface area contributed by atoms with E-state index in [1.54, 1.807) is 6.26 Å². The van der Waals surface area contributed by atoms with Gasteiger partial charge in [0.05, 0.1) is 11.9 Å². The molecule has 3 unspecified atom stereocenters. The van der Waals surface area contributed by atoms with Gasteiger partial charge in [-0.3, -0.25) is 4.99 Å². The number of rotatable bonds is 6. The third-order valence-corrected chi connectivity index (χ3v) is 6.33. The first-order chi connectivity index (χ1) is 12.2. The summed E-state index contributed by atoms with van der Waals surface area (Å²) in [7, 11) is 0. The summed E-state index contributed by atoms with van der Waals surface area (Å²) in [6, 6.07) is 4.78. The third-order valence-electron chi connectivity index (χ3n) is 5.10. The van der Waals surface area contributed by atoms with Crippen LogP contribution in [0.3, 0.4) is 0 Å². The summed E-state index contributed by atoms with van der Waals surface area (Å²) in [5.41, 5.74) is 0.0935. The summed E-state index contributed by atoms with van der Waals surface area (Å²) >= 11 is 2.02. The SMILES string of the molecule is CCC(C)NC(=NCCc1ccco1)NC1CCOC2(CCSC2)C1.I. The Morgan fingerprint density at radius 3 is 3.08 bits per heavy atom. The molecule has 1 aromatic heterocycles. The molecule has 2 aliphatic rings. The Labute approximate surface area is 178 Å². The molecule has 3 atom stereocenters. The number of thioether (sulfide) groups is 1. The van der Waals surface area contributed by atoms with E-state index in [4.69, 9.17) is 14.1 Å². The van der Waals surface area contributed by atoms with Gasteiger partial charge in [0.2, 0.25) is 0 Å². The Morgan fingerprint density at radius 1 is 1.50 bits per heavy atom. The zero-order valence-corrected chi connectivity index (χ0v) is 19.0. The number of ether oxygens (including phenoxy) is 1. The van der Waals surface area contributed by atoms with Crippen LogP contribution in [0.1, 0.15) is 45.3 Å². The smallest absolute Gasteiger partial charge is 0.191 e. The van der Waals surface area contributed by atoms with Gasteiger partial charge in [-0.25, -0.2) is 0 Å². The Balaban J connectivity index is 0.00000243. The van der Waals surface area contributed by atoms with E-state index in [1.165, 1.54) is 12.2 Å². The van der Waals surface area contributed by atoms with E-state index in [0.29, 0.717) is 12.1 Å². The number of nitrogens with zero attached hydrogens (tertiary/aromatic N) is 1. The van der Waals surface area contributed by atoms with Crippen LogP contribution in [0.5, 0.6) is 0 Å². The molecule has 3 heterocycles. The average Bonchev–Trinajstić information content (AvgIpc) is 3.27. The lowest BCUT2D eigenvalue weighted by atomic mass is 9.90. The minimum atomic E-state index is 0. The molecule has 0 radical (unpaired) electrons. The van der Waals surface area contributed by atoms with Gasteiger partial charge in [-0.1, -0.05) is 6.92 Å². The van der Waals surface area contributed by atoms with Crippen molar-refractivity contribution in [2.75, 3.05) is 24.7 Å². The van der Waals surface area contributed by atoms with Gasteiger partial charge in [0, 0.05) is 37.4 Å². The van der Waals surface area contributed by atoms with Crippen molar-refractivity contribution in [3.05, 3.63) is 24.2 Å². The molecule has 1 aromatic rings. The van der Waals surface area contributed by atoms with Crippen LogP contribution in [-0.2, 0) is 11.2 Å². The van der Waals surface area contributed by atoms with Crippen LogP contribution < -0.4 is 10.6 Å². The summed E-state index contributed by atoms with van der Waals surface area (Å²) < 4.78 is 11.5. The van der Waals surface area contributed by atoms with Gasteiger partial charge in [0.1, 0.15) is 5.76 Å². The van der Waals surface area contributed by atoms with Crippen molar-refractivity contribution < 1.29 is 9.15 Å². The fraction of sp³-hybridized carbons (Fsp3) is 0.737. The molecule has 7 heteroatoms. The van der Waals surface area contributed by atoms with Crippen molar-refractivity contribution >= 4 is 41.7 Å². The summed E-state index contributed by atoms with van der Waals surface area (Å²) in [6.45, 7) is 5.96. The molecule has 1 spiro atoms. The molecule has 2 aliphatic heterocycles. The number of halogens is 1. The molecule has 0 amide bonds. The first-order valence-corrected chi connectivity index (χ1v) is 10.7. The molecule has 2 N–H and O–H groups in total. The van der Waals surface area contributed by atoms with E-state index in [-0.39, 0.29) is 29.6 Å². The topological polar surface area (TPSA) is 58.8 Å². The molecule has 26 heavy (non-hydrogen) atoms. The highest BCUT2D eigenvalue weighted by atomic mass is 127. The monoisotopic (exact) mass is 493 g/mol. The highest BCUT2D eigenvalue weighted by Crippen LogP contribution is 2.38. The Bertz CT molecular complexity index is 547. The first-order valence-electron chi connectivity index (χ1n) is 9.51. The molecule has 5 nitrogen and oxygen atoms in total. The van der Waals surface area contributed by atoms with E-state index < -0.39 is 0 Å². The molecule has 0 aromatic carbocycles. The molecule has 3 rings (SSSR count). The van der Waals surface area contributed by atoms with Gasteiger partial charge >= 0.3 is 0 Å². The van der Waals surface area contributed by atoms with Gasteiger partial charge in [-0.15, -0.1) is 24.0 Å². The van der Waals surface area contributed by atoms with Crippen molar-refractivity contribution in [2.24, 2.45) is 4.99 Å². The zero-order valence-electron chi connectivity index (χ0n) is 15.8. The number of furan rings is 1. The van der Waals surface area contributed by atoms with Crippen LogP contribution in [0.2, 0.25) is 0 Å². The van der Waals surface area contributed by atoms with Gasteiger partial charge in [0.25, 0.3) is 0 Å². The van der Waals surface area contributed by atoms with E-state index in [1.807, 2.05) is 23.9 Å². The van der Waals surface area contributed by atoms with Gasteiger partial charge in [-0.2, -0.15) is 11.8 Å². The zero-order chi connectivity index (χ0) is 17.5. The minimum Gasteiger partial charge on any atom is -0.469 e. The van der Waals surface area contributed by atoms with E-state index in [2.05, 4.69) is 24.5 Å². The minimum absolute atomic E-state index is 0. The molecule has 2 saturated heterocycles. The predicted octanol–water partition coefficient (Wildman–Crippen LogP) is 3.83. The summed E-state index contributed by atoms with van der Waals surface area (Å²) in [5, 5.41) is 7.21. The van der Waals surface area contributed by atoms with Crippen molar-refractivity contribution in [3.63, 3.8) is 0 Å². The van der Waals surface area contributed by atoms with Crippen molar-refractivity contribution in [3.8, 4) is 0 Å². The van der Waals surface area contributed by atoms with Crippen LogP contribution >= 0.6 is 35.7 Å². The quantitative estimate of drug-likeness (QED) is 0.359. The summed E-state index contributed by atoms with van der Waals surface area (Å²) in [6.07, 6.45) is 6.93. The lowest BCUT2D eigenvalue weighted by molar-refractivity contribution is -0.0679. The van der Waals surface area contributed by atoms with Crippen molar-refractivity contribution in [2.45, 2.75) is 63.6 Å². The Kier molecular flexibility index (Phi) is 9.09. The third kappa shape index (κ3) is 6.34. The molecular formula is C19H32IN3O2S. The van der Waals surface area contributed by atoms with Crippen molar-refractivity contribution in [1.29, 1.82) is 0 Å². The Hall–Kier alpha value is -0.410. The first kappa shape index (κ1) is 21.9. The van der Waals surface area contributed by atoms with Gasteiger partial charge in [-0.05, 0) is 50.5 Å². The number of hydrogen-bond acceptors (Lipinski definition) is 4. The Morgan fingerprint density at radius 2 is 2.38 bits per heavy atom. The van der Waals surface area contributed by atoms with E-state index >= 15 is 0 Å². The van der Waals surface area contributed by atoms with Gasteiger partial charge < -0.3 is 19.8 Å². The maximum Gasteiger partial charge on any atom is 0.191 e. The number of aliphatic imine (C=N–C) groups is 1. The van der Waals surface area contributed by atoms with Crippen LogP contribution in [0.4, 0.5) is 0 Å². The normalized spacial score (nSPS) is 27.2. The highest BCUT2D eigenvalue weighted by molar-refractivity contribution is 14.0. The lowest BCUT2D eigenvalue weighted by Crippen LogP contribution is -2.52. The number of guanidine groups is 1. The van der Waals surface area contributed by atoms with Crippen molar-refractivity contribution in [1.82, 2.24) is 10.6 Å². The maximum absolute atomic E-state index is 6.14. The second-order valence-electron chi connectivity index (χ2n) is 7.18. The fourth-order valence-electron chi connectivity index (χ4n) is 3.41. The largest absolute Gasteiger partial charge is 0.469 e. The second kappa shape index (κ2) is 10.8. The van der Waals surface area contributed by atoms with Crippen LogP contribution in [-0.4, -0.2) is 48.3 Å². The standard InChI is InChI=1S/C19H31N3O2S.HI/c1-3-15(2)21-18(20-9-6-17-5-4-10-23-17)22-16-7-11-24-19(13-16)8-12-25-14-19;/h4-5,10,15-16H,3,6-9,11-14H2,1-2H3,(H2,20,21,22);1H. The molecule has 0 saturated carbocycles. The summed E-state index contributed by atoms with van der Waals surface area (Å²) in [4.78, 5) is 4.78. The maximum atomic E-state index is 6.14. The number of nitrogens with one attached hydrogen (secondary N) is 2. The van der Waals surface area contributed by atoms with Gasteiger partial charge in [0.15, 0.2) is 5.96 Å². The second-order valence-corrected chi connectivity index (χ2v) is 8.29. The summed E-state index contributed by atoms with van der Waals surface area (Å²) in [5.74, 6) is 4.27. The lowest BCUT2D eigenvalue weighted by Gasteiger charge is -2.38. The van der Waals surface area contributed by atoms with E-state index in [9.17, 15) is 0 Å². The van der Waals surface area contributed by atoms with Crippen LogP contribution in [0.25, 0.3) is 0 Å². The highest BCUT2D eigenvalue weighted by Gasteiger charge is 2.40. The fourth-order valence-corrected chi connectivity index (χ4v) is 4.79. The molecule has 2 fully saturated rings. The molecule has 0 bridgehead atoms. The van der Waals surface area contributed by atoms with E-state index in [0.717, 1.165) is 56.3 Å². The molecular weight excluding hydrogens is 461 g/mol. The molecule has 148 valence electrons. The molecule has 0 aliphatic carbocycles. The van der Waals surface area contributed by atoms with Crippen LogP contribution in [0.15, 0.2) is 27.8 Å². The van der Waals surface area contributed by atoms with Crippen LogP contribution in [0, 0.1) is 0 Å². The number of hydrogen-bond donors (Lipinski definition) is 2. The predicted molar refractivity (Wildman–Crippen MR) is 120 cm³/mol. The average molecular weight is 493 g/mol.